The van der Waals surface area contributed by atoms with Crippen LogP contribution in [-0.2, 0) is 18.3 Å². The summed E-state index contributed by atoms with van der Waals surface area (Å²) in [4.78, 5) is 29.5. The van der Waals surface area contributed by atoms with E-state index >= 15 is 0 Å². The first-order chi connectivity index (χ1) is 8.56. The zero-order chi connectivity index (χ0) is 13.3. The summed E-state index contributed by atoms with van der Waals surface area (Å²) in [5.41, 5.74) is 5.31. The topological polar surface area (TPSA) is 108 Å². The van der Waals surface area contributed by atoms with Gasteiger partial charge in [-0.25, -0.2) is 4.79 Å². The van der Waals surface area contributed by atoms with Crippen LogP contribution in [0.5, 0.6) is 0 Å². The summed E-state index contributed by atoms with van der Waals surface area (Å²) in [7, 11) is 1.53. The van der Waals surface area contributed by atoms with E-state index in [2.05, 4.69) is 9.97 Å². The van der Waals surface area contributed by atoms with Crippen LogP contribution in [0.25, 0.3) is 11.2 Å². The minimum atomic E-state index is -0.512. The maximum absolute atomic E-state index is 11.8. The van der Waals surface area contributed by atoms with Gasteiger partial charge in [-0.15, -0.1) is 0 Å². The molecule has 0 aliphatic carbocycles. The van der Waals surface area contributed by atoms with E-state index in [1.54, 1.807) is 4.57 Å². The number of anilines is 1. The molecule has 98 valence electrons. The fraction of sp³-hybridized carbons (Fsp3) is 0.500. The number of imidazole rings is 1. The van der Waals surface area contributed by atoms with Crippen molar-refractivity contribution in [2.45, 2.75) is 13.5 Å². The maximum atomic E-state index is 11.8. The largest absolute Gasteiger partial charge is 0.380 e. The molecule has 0 saturated carbocycles. The van der Waals surface area contributed by atoms with Gasteiger partial charge in [0.25, 0.3) is 5.56 Å². The van der Waals surface area contributed by atoms with Crippen molar-refractivity contribution in [2.24, 2.45) is 7.05 Å². The molecule has 0 fully saturated rings. The van der Waals surface area contributed by atoms with Crippen molar-refractivity contribution in [1.29, 1.82) is 0 Å². The SMILES string of the molecule is CCOCCn1c(N)nc2c1c(=O)[nH]c(=O)n2C. The normalized spacial score (nSPS) is 11.2. The summed E-state index contributed by atoms with van der Waals surface area (Å²) < 4.78 is 8.02. The summed E-state index contributed by atoms with van der Waals surface area (Å²) >= 11 is 0. The molecule has 2 rings (SSSR count). The number of fused-ring (bicyclic) bond motifs is 1. The molecule has 0 saturated heterocycles. The highest BCUT2D eigenvalue weighted by atomic mass is 16.5. The molecule has 18 heavy (non-hydrogen) atoms. The number of nitrogens with zero attached hydrogens (tertiary/aromatic N) is 3. The van der Waals surface area contributed by atoms with Gasteiger partial charge in [0.05, 0.1) is 6.61 Å². The zero-order valence-corrected chi connectivity index (χ0v) is 10.3. The molecule has 0 spiro atoms. The molecule has 8 nitrogen and oxygen atoms in total. The van der Waals surface area contributed by atoms with E-state index in [9.17, 15) is 9.59 Å². The molecular weight excluding hydrogens is 238 g/mol. The van der Waals surface area contributed by atoms with Gasteiger partial charge in [0, 0.05) is 20.2 Å². The Kier molecular flexibility index (Phi) is 3.19. The molecule has 8 heteroatoms. The molecule has 0 aromatic carbocycles. The lowest BCUT2D eigenvalue weighted by Crippen LogP contribution is -2.29. The van der Waals surface area contributed by atoms with E-state index in [0.29, 0.717) is 19.8 Å². The quantitative estimate of drug-likeness (QED) is 0.682. The van der Waals surface area contributed by atoms with Crippen LogP contribution in [0.4, 0.5) is 5.95 Å². The molecule has 2 aromatic heterocycles. The number of aromatic nitrogens is 4. The number of ether oxygens (including phenoxy) is 1. The van der Waals surface area contributed by atoms with Crippen molar-refractivity contribution in [3.63, 3.8) is 0 Å². The van der Waals surface area contributed by atoms with Gasteiger partial charge in [-0.3, -0.25) is 14.3 Å². The van der Waals surface area contributed by atoms with Gasteiger partial charge in [-0.1, -0.05) is 0 Å². The van der Waals surface area contributed by atoms with E-state index in [4.69, 9.17) is 10.5 Å². The van der Waals surface area contributed by atoms with Crippen molar-refractivity contribution < 1.29 is 4.74 Å². The first-order valence-corrected chi connectivity index (χ1v) is 5.59. The number of nitrogen functional groups attached to an aromatic ring is 1. The summed E-state index contributed by atoms with van der Waals surface area (Å²) in [6, 6.07) is 0. The number of nitrogens with two attached hydrogens (primary N) is 1. The van der Waals surface area contributed by atoms with Gasteiger partial charge in [-0.2, -0.15) is 4.98 Å². The second-order valence-corrected chi connectivity index (χ2v) is 3.81. The minimum Gasteiger partial charge on any atom is -0.380 e. The number of aryl methyl sites for hydroxylation is 1. The van der Waals surface area contributed by atoms with Crippen molar-refractivity contribution in [3.8, 4) is 0 Å². The number of nitrogens with one attached hydrogen (secondary N) is 1. The van der Waals surface area contributed by atoms with E-state index in [1.165, 1.54) is 11.6 Å². The van der Waals surface area contributed by atoms with Gasteiger partial charge in [0.1, 0.15) is 0 Å². The lowest BCUT2D eigenvalue weighted by Gasteiger charge is -2.05. The molecule has 0 radical (unpaired) electrons. The van der Waals surface area contributed by atoms with Gasteiger partial charge in [-0.05, 0) is 6.92 Å². The minimum absolute atomic E-state index is 0.191. The van der Waals surface area contributed by atoms with Gasteiger partial charge in [0.2, 0.25) is 5.95 Å². The number of aromatic amines is 1. The van der Waals surface area contributed by atoms with E-state index < -0.39 is 11.2 Å². The molecule has 3 N–H and O–H groups in total. The van der Waals surface area contributed by atoms with Gasteiger partial charge >= 0.3 is 5.69 Å². The third kappa shape index (κ3) is 1.90. The number of rotatable bonds is 4. The van der Waals surface area contributed by atoms with Crippen LogP contribution >= 0.6 is 0 Å². The Hall–Kier alpha value is -2.09. The number of H-pyrrole nitrogens is 1. The Morgan fingerprint density at radius 3 is 2.83 bits per heavy atom. The zero-order valence-electron chi connectivity index (χ0n) is 10.3. The summed E-state index contributed by atoms with van der Waals surface area (Å²) in [5, 5.41) is 0. The Balaban J connectivity index is 2.60. The Morgan fingerprint density at radius 1 is 1.44 bits per heavy atom. The standard InChI is InChI=1S/C10H15N5O3/c1-3-18-5-4-15-6-7(12-9(15)11)14(2)10(17)13-8(6)16/h3-5H2,1-2H3,(H2,11,12)(H,13,16,17). The number of hydrogen-bond donors (Lipinski definition) is 2. The Bertz CT molecular complexity index is 681. The van der Waals surface area contributed by atoms with Crippen molar-refractivity contribution in [2.75, 3.05) is 18.9 Å². The van der Waals surface area contributed by atoms with Crippen LogP contribution < -0.4 is 17.0 Å². The van der Waals surface area contributed by atoms with E-state index in [-0.39, 0.29) is 17.1 Å². The molecule has 0 unspecified atom stereocenters. The van der Waals surface area contributed by atoms with Gasteiger partial charge < -0.3 is 15.0 Å². The average Bonchev–Trinajstić information content (AvgIpc) is 2.65. The fourth-order valence-electron chi connectivity index (χ4n) is 1.78. The fourth-order valence-corrected chi connectivity index (χ4v) is 1.78. The van der Waals surface area contributed by atoms with Crippen molar-refractivity contribution in [1.82, 2.24) is 19.1 Å². The lowest BCUT2D eigenvalue weighted by atomic mass is 10.5. The predicted octanol–water partition coefficient (Wildman–Crippen LogP) is -0.958. The second-order valence-electron chi connectivity index (χ2n) is 3.81. The summed E-state index contributed by atoms with van der Waals surface area (Å²) in [5.74, 6) is 0.191. The van der Waals surface area contributed by atoms with Crippen LogP contribution in [0.3, 0.4) is 0 Å². The molecule has 0 aliphatic heterocycles. The van der Waals surface area contributed by atoms with Crippen molar-refractivity contribution >= 4 is 17.1 Å². The van der Waals surface area contributed by atoms with Crippen LogP contribution in [0.15, 0.2) is 9.59 Å². The second kappa shape index (κ2) is 4.65. The monoisotopic (exact) mass is 253 g/mol. The molecule has 2 heterocycles. The molecule has 2 aromatic rings. The highest BCUT2D eigenvalue weighted by molar-refractivity contribution is 5.73. The maximum Gasteiger partial charge on any atom is 0.329 e. The smallest absolute Gasteiger partial charge is 0.329 e. The first kappa shape index (κ1) is 12.4. The highest BCUT2D eigenvalue weighted by Gasteiger charge is 2.14. The van der Waals surface area contributed by atoms with Crippen LogP contribution in [-0.4, -0.2) is 32.3 Å². The predicted molar refractivity (Wildman–Crippen MR) is 66.5 cm³/mol. The third-order valence-corrected chi connectivity index (χ3v) is 2.70. The molecule has 0 bridgehead atoms. The molecule has 0 amide bonds. The highest BCUT2D eigenvalue weighted by Crippen LogP contribution is 2.11. The summed E-state index contributed by atoms with van der Waals surface area (Å²) in [6.45, 7) is 3.30. The Morgan fingerprint density at radius 2 is 2.17 bits per heavy atom. The van der Waals surface area contributed by atoms with Crippen molar-refractivity contribution in [3.05, 3.63) is 20.8 Å². The van der Waals surface area contributed by atoms with Crippen LogP contribution in [0, 0.1) is 0 Å². The van der Waals surface area contributed by atoms with E-state index in [0.717, 1.165) is 0 Å². The van der Waals surface area contributed by atoms with Crippen LogP contribution in [0.2, 0.25) is 0 Å². The molecule has 0 atom stereocenters. The van der Waals surface area contributed by atoms with Crippen LogP contribution in [0.1, 0.15) is 6.92 Å². The molecular formula is C10H15N5O3. The Labute approximate surface area is 102 Å². The average molecular weight is 253 g/mol. The third-order valence-electron chi connectivity index (χ3n) is 2.70. The molecule has 0 aliphatic rings. The lowest BCUT2D eigenvalue weighted by molar-refractivity contribution is 0.140. The number of hydrogen-bond acceptors (Lipinski definition) is 5. The van der Waals surface area contributed by atoms with E-state index in [1.807, 2.05) is 6.92 Å². The summed E-state index contributed by atoms with van der Waals surface area (Å²) in [6.07, 6.45) is 0. The first-order valence-electron chi connectivity index (χ1n) is 5.59. The van der Waals surface area contributed by atoms with Gasteiger partial charge in [0.15, 0.2) is 11.2 Å².